The van der Waals surface area contributed by atoms with Crippen LogP contribution in [0.4, 0.5) is 0 Å². The van der Waals surface area contributed by atoms with Crippen LogP contribution < -0.4 is 4.74 Å². The average molecular weight is 261 g/mol. The van der Waals surface area contributed by atoms with Gasteiger partial charge < -0.3 is 9.64 Å². The zero-order valence-corrected chi connectivity index (χ0v) is 11.7. The van der Waals surface area contributed by atoms with Gasteiger partial charge >= 0.3 is 0 Å². The van der Waals surface area contributed by atoms with E-state index < -0.39 is 0 Å². The molecule has 1 aromatic rings. The summed E-state index contributed by atoms with van der Waals surface area (Å²) in [5.74, 6) is 0.788. The van der Waals surface area contributed by atoms with E-state index in [4.69, 9.17) is 4.74 Å². The fourth-order valence-electron chi connectivity index (χ4n) is 2.63. The van der Waals surface area contributed by atoms with Gasteiger partial charge in [0.25, 0.3) is 0 Å². The molecule has 3 heteroatoms. The van der Waals surface area contributed by atoms with Crippen molar-refractivity contribution in [2.45, 2.75) is 38.6 Å². The Morgan fingerprint density at radius 2 is 2.32 bits per heavy atom. The minimum atomic E-state index is 0.669. The first-order valence-electron chi connectivity index (χ1n) is 7.21. The molecule has 0 spiro atoms. The molecule has 0 aliphatic carbocycles. The van der Waals surface area contributed by atoms with Crippen LogP contribution in [-0.4, -0.2) is 36.9 Å². The molecule has 1 aromatic carbocycles. The third-order valence-corrected chi connectivity index (χ3v) is 3.79. The minimum absolute atomic E-state index is 0.669. The molecule has 0 N–H and O–H groups in total. The summed E-state index contributed by atoms with van der Waals surface area (Å²) in [6, 6.07) is 8.04. The molecule has 104 valence electrons. The highest BCUT2D eigenvalue weighted by Crippen LogP contribution is 2.17. The Labute approximate surface area is 115 Å². The number of rotatable bonds is 6. The van der Waals surface area contributed by atoms with Crippen molar-refractivity contribution in [1.29, 1.82) is 0 Å². The minimum Gasteiger partial charge on any atom is -0.494 e. The van der Waals surface area contributed by atoms with Crippen LogP contribution in [0.15, 0.2) is 24.3 Å². The molecule has 1 heterocycles. The number of aldehydes is 1. The highest BCUT2D eigenvalue weighted by molar-refractivity contribution is 5.75. The molecule has 2 rings (SSSR count). The molecule has 3 nitrogen and oxygen atoms in total. The van der Waals surface area contributed by atoms with Gasteiger partial charge in [0.2, 0.25) is 0 Å². The number of nitrogens with zero attached hydrogens (tertiary/aromatic N) is 1. The molecule has 0 amide bonds. The zero-order valence-electron chi connectivity index (χ0n) is 11.7. The van der Waals surface area contributed by atoms with Gasteiger partial charge in [-0.3, -0.25) is 4.79 Å². The Morgan fingerprint density at radius 3 is 3.11 bits per heavy atom. The first kappa shape index (κ1) is 14.1. The SMILES string of the molecule is C[C@H]1CCCCN1CCCOc1cccc(C=O)c1. The van der Waals surface area contributed by atoms with Crippen LogP contribution >= 0.6 is 0 Å². The second-order valence-electron chi connectivity index (χ2n) is 5.27. The summed E-state index contributed by atoms with van der Waals surface area (Å²) in [4.78, 5) is 13.2. The van der Waals surface area contributed by atoms with E-state index in [1.165, 1.54) is 25.8 Å². The summed E-state index contributed by atoms with van der Waals surface area (Å²) < 4.78 is 5.69. The lowest BCUT2D eigenvalue weighted by Gasteiger charge is -2.33. The number of hydrogen-bond acceptors (Lipinski definition) is 3. The molecule has 19 heavy (non-hydrogen) atoms. The Balaban J connectivity index is 1.69. The number of carbonyl (C=O) groups is 1. The van der Waals surface area contributed by atoms with Gasteiger partial charge in [-0.2, -0.15) is 0 Å². The number of ether oxygens (including phenoxy) is 1. The normalized spacial score (nSPS) is 20.2. The van der Waals surface area contributed by atoms with Gasteiger partial charge in [-0.25, -0.2) is 0 Å². The van der Waals surface area contributed by atoms with Crippen molar-refractivity contribution in [2.75, 3.05) is 19.7 Å². The lowest BCUT2D eigenvalue weighted by Crippen LogP contribution is -2.38. The number of carbonyl (C=O) groups excluding carboxylic acids is 1. The third kappa shape index (κ3) is 4.35. The number of piperidine rings is 1. The molecule has 1 atom stereocenters. The van der Waals surface area contributed by atoms with Gasteiger partial charge in [-0.15, -0.1) is 0 Å². The van der Waals surface area contributed by atoms with Gasteiger partial charge in [0, 0.05) is 18.2 Å². The quantitative estimate of drug-likeness (QED) is 0.582. The number of hydrogen-bond donors (Lipinski definition) is 0. The third-order valence-electron chi connectivity index (χ3n) is 3.79. The standard InChI is InChI=1S/C16H23NO2/c1-14-6-2-3-9-17(14)10-5-11-19-16-8-4-7-15(12-16)13-18/h4,7-8,12-14H,2-3,5-6,9-11H2,1H3/t14-/m0/s1. The highest BCUT2D eigenvalue weighted by atomic mass is 16.5. The van der Waals surface area contributed by atoms with E-state index in [2.05, 4.69) is 11.8 Å². The van der Waals surface area contributed by atoms with Crippen molar-refractivity contribution in [3.05, 3.63) is 29.8 Å². The Morgan fingerprint density at radius 1 is 1.42 bits per heavy atom. The summed E-state index contributed by atoms with van der Waals surface area (Å²) in [7, 11) is 0. The van der Waals surface area contributed by atoms with Crippen LogP contribution in [0.25, 0.3) is 0 Å². The van der Waals surface area contributed by atoms with Crippen LogP contribution in [0.1, 0.15) is 43.0 Å². The molecule has 0 bridgehead atoms. The van der Waals surface area contributed by atoms with Gasteiger partial charge in [-0.05, 0) is 44.9 Å². The molecule has 1 saturated heterocycles. The van der Waals surface area contributed by atoms with E-state index >= 15 is 0 Å². The van der Waals surface area contributed by atoms with Gasteiger partial charge in [0.05, 0.1) is 6.61 Å². The summed E-state index contributed by atoms with van der Waals surface area (Å²) in [5, 5.41) is 0. The highest BCUT2D eigenvalue weighted by Gasteiger charge is 2.17. The van der Waals surface area contributed by atoms with Crippen molar-refractivity contribution >= 4 is 6.29 Å². The fraction of sp³-hybridized carbons (Fsp3) is 0.562. The largest absolute Gasteiger partial charge is 0.494 e. The lowest BCUT2D eigenvalue weighted by atomic mass is 10.0. The number of benzene rings is 1. The van der Waals surface area contributed by atoms with Crippen molar-refractivity contribution in [3.63, 3.8) is 0 Å². The predicted molar refractivity (Wildman–Crippen MR) is 76.8 cm³/mol. The first-order chi connectivity index (χ1) is 9.29. The molecule has 1 fully saturated rings. The van der Waals surface area contributed by atoms with Gasteiger partial charge in [0.1, 0.15) is 12.0 Å². The lowest BCUT2D eigenvalue weighted by molar-refractivity contribution is 0.112. The van der Waals surface area contributed by atoms with E-state index in [-0.39, 0.29) is 0 Å². The maximum Gasteiger partial charge on any atom is 0.150 e. The molecular weight excluding hydrogens is 238 g/mol. The van der Waals surface area contributed by atoms with E-state index in [9.17, 15) is 4.79 Å². The van der Waals surface area contributed by atoms with Crippen molar-refractivity contribution < 1.29 is 9.53 Å². The summed E-state index contributed by atoms with van der Waals surface area (Å²) in [6.07, 6.45) is 5.90. The zero-order chi connectivity index (χ0) is 13.5. The monoisotopic (exact) mass is 261 g/mol. The van der Waals surface area contributed by atoms with Crippen LogP contribution in [0.5, 0.6) is 5.75 Å². The maximum absolute atomic E-state index is 10.7. The van der Waals surface area contributed by atoms with Crippen LogP contribution in [0, 0.1) is 0 Å². The number of likely N-dealkylation sites (tertiary alicyclic amines) is 1. The van der Waals surface area contributed by atoms with Crippen molar-refractivity contribution in [1.82, 2.24) is 4.90 Å². The topological polar surface area (TPSA) is 29.5 Å². The molecule has 0 radical (unpaired) electrons. The summed E-state index contributed by atoms with van der Waals surface area (Å²) in [5.41, 5.74) is 0.669. The van der Waals surface area contributed by atoms with Crippen LogP contribution in [0.2, 0.25) is 0 Å². The molecule has 0 aromatic heterocycles. The molecule has 0 unspecified atom stereocenters. The first-order valence-corrected chi connectivity index (χ1v) is 7.21. The molecule has 0 saturated carbocycles. The average Bonchev–Trinajstić information content (AvgIpc) is 2.45. The molecular formula is C16H23NO2. The van der Waals surface area contributed by atoms with Crippen LogP contribution in [0.3, 0.4) is 0 Å². The fourth-order valence-corrected chi connectivity index (χ4v) is 2.63. The van der Waals surface area contributed by atoms with Gasteiger partial charge in [0.15, 0.2) is 0 Å². The van der Waals surface area contributed by atoms with Crippen LogP contribution in [-0.2, 0) is 0 Å². The Hall–Kier alpha value is -1.35. The van der Waals surface area contributed by atoms with E-state index in [1.807, 2.05) is 12.1 Å². The Kier molecular flexibility index (Phi) is 5.40. The second kappa shape index (κ2) is 7.29. The van der Waals surface area contributed by atoms with Crippen molar-refractivity contribution in [3.8, 4) is 5.75 Å². The predicted octanol–water partition coefficient (Wildman–Crippen LogP) is 3.14. The maximum atomic E-state index is 10.7. The van der Waals surface area contributed by atoms with E-state index in [0.717, 1.165) is 25.0 Å². The smallest absolute Gasteiger partial charge is 0.150 e. The van der Waals surface area contributed by atoms with Crippen molar-refractivity contribution in [2.24, 2.45) is 0 Å². The van der Waals surface area contributed by atoms with E-state index in [1.54, 1.807) is 12.1 Å². The second-order valence-corrected chi connectivity index (χ2v) is 5.27. The summed E-state index contributed by atoms with van der Waals surface area (Å²) >= 11 is 0. The summed E-state index contributed by atoms with van der Waals surface area (Å²) in [6.45, 7) is 5.36. The van der Waals surface area contributed by atoms with Gasteiger partial charge in [-0.1, -0.05) is 18.6 Å². The molecule has 1 aliphatic heterocycles. The molecule has 1 aliphatic rings. The van der Waals surface area contributed by atoms with E-state index in [0.29, 0.717) is 18.2 Å². The Bertz CT molecular complexity index is 405.